The number of rotatable bonds is 4. The third-order valence-corrected chi connectivity index (χ3v) is 4.20. The Labute approximate surface area is 113 Å². The van der Waals surface area contributed by atoms with Gasteiger partial charge >= 0.3 is 0 Å². The summed E-state index contributed by atoms with van der Waals surface area (Å²) in [6.07, 6.45) is 0. The number of hydrogen-bond acceptors (Lipinski definition) is 5. The second kappa shape index (κ2) is 6.23. The molecule has 2 saturated heterocycles. The van der Waals surface area contributed by atoms with E-state index in [-0.39, 0.29) is 17.6 Å². The summed E-state index contributed by atoms with van der Waals surface area (Å²) in [6.45, 7) is 8.50. The van der Waals surface area contributed by atoms with Gasteiger partial charge in [0.1, 0.15) is 0 Å². The molecule has 2 aliphatic heterocycles. The van der Waals surface area contributed by atoms with E-state index in [9.17, 15) is 4.79 Å². The van der Waals surface area contributed by atoms with Gasteiger partial charge in [-0.3, -0.25) is 15.0 Å². The predicted molar refractivity (Wildman–Crippen MR) is 73.7 cm³/mol. The number of thioether (sulfide) groups is 1. The fraction of sp³-hybridized carbons (Fsp3) is 0.917. The molecular formula is C12H23N3O2S. The lowest BCUT2D eigenvalue weighted by Gasteiger charge is -2.38. The number of amides is 1. The summed E-state index contributed by atoms with van der Waals surface area (Å²) in [5, 5.41) is 6.18. The fourth-order valence-electron chi connectivity index (χ4n) is 2.33. The Bertz CT molecular complexity index is 293. The lowest BCUT2D eigenvalue weighted by molar-refractivity contribution is -0.122. The van der Waals surface area contributed by atoms with Gasteiger partial charge in [-0.1, -0.05) is 0 Å². The molecule has 5 nitrogen and oxygen atoms in total. The predicted octanol–water partition coefficient (Wildman–Crippen LogP) is -0.124. The van der Waals surface area contributed by atoms with Gasteiger partial charge in [-0.2, -0.15) is 0 Å². The van der Waals surface area contributed by atoms with Crippen molar-refractivity contribution < 1.29 is 9.53 Å². The van der Waals surface area contributed by atoms with Gasteiger partial charge in [0.25, 0.3) is 0 Å². The summed E-state index contributed by atoms with van der Waals surface area (Å²) in [5.41, 5.74) is -0.0636. The van der Waals surface area contributed by atoms with Crippen LogP contribution in [0.4, 0.5) is 0 Å². The molecule has 1 unspecified atom stereocenters. The lowest BCUT2D eigenvalue weighted by Crippen LogP contribution is -2.51. The molecule has 0 aromatic heterocycles. The first-order valence-corrected chi connectivity index (χ1v) is 7.67. The maximum Gasteiger partial charge on any atom is 0.238 e. The molecule has 0 aromatic rings. The van der Waals surface area contributed by atoms with Crippen LogP contribution in [-0.2, 0) is 9.53 Å². The molecule has 0 bridgehead atoms. The van der Waals surface area contributed by atoms with Crippen molar-refractivity contribution >= 4 is 17.7 Å². The first-order valence-electron chi connectivity index (χ1n) is 6.52. The van der Waals surface area contributed by atoms with Gasteiger partial charge in [-0.15, -0.1) is 11.8 Å². The first-order chi connectivity index (χ1) is 8.57. The van der Waals surface area contributed by atoms with Crippen LogP contribution in [0.1, 0.15) is 13.8 Å². The quantitative estimate of drug-likeness (QED) is 0.748. The van der Waals surface area contributed by atoms with Crippen molar-refractivity contribution in [2.24, 2.45) is 0 Å². The zero-order valence-electron chi connectivity index (χ0n) is 11.2. The summed E-state index contributed by atoms with van der Waals surface area (Å²) >= 11 is 1.77. The Hall–Kier alpha value is -0.300. The summed E-state index contributed by atoms with van der Waals surface area (Å²) in [7, 11) is 0. The van der Waals surface area contributed by atoms with E-state index in [0.29, 0.717) is 0 Å². The zero-order chi connectivity index (χ0) is 13.0. The average molecular weight is 273 g/mol. The van der Waals surface area contributed by atoms with Crippen molar-refractivity contribution in [3.05, 3.63) is 0 Å². The zero-order valence-corrected chi connectivity index (χ0v) is 12.0. The fourth-order valence-corrected chi connectivity index (χ4v) is 3.27. The molecular weight excluding hydrogens is 250 g/mol. The molecule has 0 spiro atoms. The Kier molecular flexibility index (Phi) is 4.89. The largest absolute Gasteiger partial charge is 0.373 e. The van der Waals surface area contributed by atoms with Crippen LogP contribution in [-0.4, -0.2) is 66.9 Å². The van der Waals surface area contributed by atoms with Gasteiger partial charge in [-0.25, -0.2) is 0 Å². The van der Waals surface area contributed by atoms with Crippen LogP contribution in [0.3, 0.4) is 0 Å². The SMILES string of the molecule is CC1(C)CN(CCNC(=O)C2CSCN2)CCO1. The van der Waals surface area contributed by atoms with E-state index in [1.807, 2.05) is 0 Å². The lowest BCUT2D eigenvalue weighted by atomic mass is 10.1. The highest BCUT2D eigenvalue weighted by Gasteiger charge is 2.27. The van der Waals surface area contributed by atoms with E-state index in [1.165, 1.54) is 0 Å². The molecule has 2 aliphatic rings. The second-order valence-electron chi connectivity index (χ2n) is 5.45. The maximum atomic E-state index is 11.8. The summed E-state index contributed by atoms with van der Waals surface area (Å²) in [6, 6.07) is -0.00358. The third-order valence-electron chi connectivity index (χ3n) is 3.26. The average Bonchev–Trinajstić information content (AvgIpc) is 2.81. The van der Waals surface area contributed by atoms with Crippen LogP contribution >= 0.6 is 11.8 Å². The second-order valence-corrected chi connectivity index (χ2v) is 6.48. The van der Waals surface area contributed by atoms with Crippen LogP contribution in [0.5, 0.6) is 0 Å². The van der Waals surface area contributed by atoms with Crippen molar-refractivity contribution in [3.63, 3.8) is 0 Å². The number of nitrogens with zero attached hydrogens (tertiary/aromatic N) is 1. The van der Waals surface area contributed by atoms with Crippen molar-refractivity contribution in [1.29, 1.82) is 0 Å². The maximum absolute atomic E-state index is 11.8. The minimum Gasteiger partial charge on any atom is -0.373 e. The molecule has 104 valence electrons. The molecule has 18 heavy (non-hydrogen) atoms. The molecule has 1 atom stereocenters. The monoisotopic (exact) mass is 273 g/mol. The topological polar surface area (TPSA) is 53.6 Å². The molecule has 1 amide bonds. The van der Waals surface area contributed by atoms with Crippen molar-refractivity contribution in [2.45, 2.75) is 25.5 Å². The van der Waals surface area contributed by atoms with Crippen molar-refractivity contribution in [3.8, 4) is 0 Å². The van der Waals surface area contributed by atoms with Crippen LogP contribution in [0.15, 0.2) is 0 Å². The molecule has 6 heteroatoms. The highest BCUT2D eigenvalue weighted by molar-refractivity contribution is 7.99. The van der Waals surface area contributed by atoms with Gasteiger partial charge in [0.15, 0.2) is 0 Å². The number of ether oxygens (including phenoxy) is 1. The van der Waals surface area contributed by atoms with Gasteiger partial charge < -0.3 is 10.1 Å². The molecule has 2 heterocycles. The van der Waals surface area contributed by atoms with E-state index in [4.69, 9.17) is 4.74 Å². The Morgan fingerprint density at radius 2 is 2.44 bits per heavy atom. The highest BCUT2D eigenvalue weighted by Crippen LogP contribution is 2.15. The number of hydrogen-bond donors (Lipinski definition) is 2. The third kappa shape index (κ3) is 4.12. The minimum atomic E-state index is -0.0636. The molecule has 0 aromatic carbocycles. The van der Waals surface area contributed by atoms with E-state index >= 15 is 0 Å². The normalized spacial score (nSPS) is 28.2. The molecule has 0 aliphatic carbocycles. The van der Waals surface area contributed by atoms with Gasteiger partial charge in [0, 0.05) is 37.8 Å². The minimum absolute atomic E-state index is 0.00358. The molecule has 0 radical (unpaired) electrons. The van der Waals surface area contributed by atoms with Crippen LogP contribution in [0, 0.1) is 0 Å². The van der Waals surface area contributed by atoms with Gasteiger partial charge in [-0.05, 0) is 13.8 Å². The molecule has 2 fully saturated rings. The molecule has 2 rings (SSSR count). The molecule has 2 N–H and O–H groups in total. The van der Waals surface area contributed by atoms with Crippen LogP contribution in [0.25, 0.3) is 0 Å². The van der Waals surface area contributed by atoms with E-state index in [1.54, 1.807) is 11.8 Å². The van der Waals surface area contributed by atoms with Crippen molar-refractivity contribution in [1.82, 2.24) is 15.5 Å². The summed E-state index contributed by atoms with van der Waals surface area (Å²) in [5.74, 6) is 1.90. The summed E-state index contributed by atoms with van der Waals surface area (Å²) < 4.78 is 5.66. The number of morpholine rings is 1. The standard InChI is InChI=1S/C12H23N3O2S/c1-12(2)8-15(5-6-17-12)4-3-13-11(16)10-7-18-9-14-10/h10,14H,3-9H2,1-2H3,(H,13,16). The van der Waals surface area contributed by atoms with E-state index in [0.717, 1.165) is 44.4 Å². The van der Waals surface area contributed by atoms with Crippen LogP contribution < -0.4 is 10.6 Å². The Morgan fingerprint density at radius 3 is 3.11 bits per heavy atom. The molecule has 0 saturated carbocycles. The van der Waals surface area contributed by atoms with Crippen molar-refractivity contribution in [2.75, 3.05) is 44.4 Å². The first kappa shape index (κ1) is 14.1. The van der Waals surface area contributed by atoms with E-state index < -0.39 is 0 Å². The van der Waals surface area contributed by atoms with E-state index in [2.05, 4.69) is 29.4 Å². The number of carbonyl (C=O) groups is 1. The highest BCUT2D eigenvalue weighted by atomic mass is 32.2. The smallest absolute Gasteiger partial charge is 0.238 e. The number of nitrogens with one attached hydrogen (secondary N) is 2. The summed E-state index contributed by atoms with van der Waals surface area (Å²) in [4.78, 5) is 14.1. The van der Waals surface area contributed by atoms with Crippen LogP contribution in [0.2, 0.25) is 0 Å². The Morgan fingerprint density at radius 1 is 1.61 bits per heavy atom. The Balaban J connectivity index is 1.64. The van der Waals surface area contributed by atoms with Gasteiger partial charge in [0.05, 0.1) is 18.2 Å². The number of carbonyl (C=O) groups excluding carboxylic acids is 1. The van der Waals surface area contributed by atoms with Gasteiger partial charge in [0.2, 0.25) is 5.91 Å².